The molecule has 0 radical (unpaired) electrons. The van der Waals surface area contributed by atoms with Crippen molar-refractivity contribution in [2.45, 2.75) is 86.0 Å². The predicted octanol–water partition coefficient (Wildman–Crippen LogP) is 5.28. The first-order valence-electron chi connectivity index (χ1n) is 10.6. The molecule has 0 aromatic heterocycles. The zero-order chi connectivity index (χ0) is 20.4. The van der Waals surface area contributed by atoms with Crippen molar-refractivity contribution in [3.05, 3.63) is 12.2 Å². The van der Waals surface area contributed by atoms with E-state index in [0.29, 0.717) is 18.9 Å². The number of hydrogen-bond donors (Lipinski definition) is 3. The number of carboxylic acids is 1. The summed E-state index contributed by atoms with van der Waals surface area (Å²) in [5.74, 6) is 2.43. The molecule has 2 fully saturated rings. The molecule has 0 spiro atoms. The Kier molecular flexibility index (Phi) is 19.9. The van der Waals surface area contributed by atoms with Gasteiger partial charge in [-0.05, 0) is 55.8 Å². The van der Waals surface area contributed by atoms with Crippen molar-refractivity contribution in [3.8, 4) is 0 Å². The van der Waals surface area contributed by atoms with E-state index < -0.39 is 5.97 Å². The number of carboxylic acid groups (broad SMARTS) is 1. The van der Waals surface area contributed by atoms with E-state index in [-0.39, 0.29) is 6.61 Å². The van der Waals surface area contributed by atoms with Crippen molar-refractivity contribution in [2.24, 2.45) is 23.7 Å². The Morgan fingerprint density at radius 3 is 1.77 bits per heavy atom. The zero-order valence-electron chi connectivity index (χ0n) is 17.8. The molecule has 4 atom stereocenters. The van der Waals surface area contributed by atoms with Crippen LogP contribution in [0.5, 0.6) is 0 Å². The standard InChI is InChI=1S/C7H12O2.C7H14O.C6H12O.C2H6/c1-2-5-3-6(5)4-7(8)9;1-2-6-5-7(6)3-4-8;1-2-3-4-5-6-7;1-2/h5-6H,2-4H2,1H3,(H,8,9);6-8H,2-5H2,1H3;3-4,7H,2,5-6H2,1H3;1-2H3/b;;4-3+;/t5-,6+;6-,7-;;/m00../s1. The summed E-state index contributed by atoms with van der Waals surface area (Å²) in [6.45, 7) is 11.1. The van der Waals surface area contributed by atoms with E-state index in [1.165, 1.54) is 12.8 Å². The summed E-state index contributed by atoms with van der Waals surface area (Å²) in [6.07, 6.45) is 12.3. The molecule has 0 bridgehead atoms. The van der Waals surface area contributed by atoms with Gasteiger partial charge in [0.05, 0.1) is 0 Å². The zero-order valence-corrected chi connectivity index (χ0v) is 17.8. The van der Waals surface area contributed by atoms with Crippen LogP contribution in [-0.4, -0.2) is 34.5 Å². The van der Waals surface area contributed by atoms with Gasteiger partial charge < -0.3 is 15.3 Å². The van der Waals surface area contributed by atoms with Gasteiger partial charge in [-0.1, -0.05) is 59.6 Å². The van der Waals surface area contributed by atoms with Crippen molar-refractivity contribution in [3.63, 3.8) is 0 Å². The summed E-state index contributed by atoms with van der Waals surface area (Å²) in [5.41, 5.74) is 0. The number of rotatable bonds is 9. The van der Waals surface area contributed by atoms with Gasteiger partial charge in [-0.3, -0.25) is 4.79 Å². The van der Waals surface area contributed by atoms with E-state index in [1.54, 1.807) is 0 Å². The minimum absolute atomic E-state index is 0.274. The highest BCUT2D eigenvalue weighted by Crippen LogP contribution is 2.43. The van der Waals surface area contributed by atoms with E-state index in [0.717, 1.165) is 49.9 Å². The number of aliphatic carboxylic acids is 1. The fourth-order valence-corrected chi connectivity index (χ4v) is 2.97. The number of allylic oxidation sites excluding steroid dienone is 1. The van der Waals surface area contributed by atoms with Crippen LogP contribution in [0.15, 0.2) is 12.2 Å². The summed E-state index contributed by atoms with van der Waals surface area (Å²) >= 11 is 0. The first-order valence-corrected chi connectivity index (χ1v) is 10.6. The molecule has 4 heteroatoms. The second-order valence-electron chi connectivity index (χ2n) is 6.83. The van der Waals surface area contributed by atoms with Gasteiger partial charge in [0.25, 0.3) is 0 Å². The highest BCUT2D eigenvalue weighted by molar-refractivity contribution is 5.67. The monoisotopic (exact) mass is 372 g/mol. The molecule has 0 unspecified atom stereocenters. The van der Waals surface area contributed by atoms with Crippen LogP contribution >= 0.6 is 0 Å². The third kappa shape index (κ3) is 16.6. The predicted molar refractivity (Wildman–Crippen MR) is 110 cm³/mol. The van der Waals surface area contributed by atoms with E-state index in [1.807, 2.05) is 19.9 Å². The lowest BCUT2D eigenvalue weighted by Gasteiger charge is -1.89. The fraction of sp³-hybridized carbons (Fsp3) is 0.864. The Morgan fingerprint density at radius 2 is 1.42 bits per heavy atom. The summed E-state index contributed by atoms with van der Waals surface area (Å²) in [4.78, 5) is 10.1. The van der Waals surface area contributed by atoms with Gasteiger partial charge in [0.15, 0.2) is 0 Å². The van der Waals surface area contributed by atoms with E-state index in [9.17, 15) is 4.79 Å². The topological polar surface area (TPSA) is 77.8 Å². The molecular weight excluding hydrogens is 328 g/mol. The van der Waals surface area contributed by atoms with Crippen LogP contribution in [0.1, 0.15) is 86.0 Å². The lowest BCUT2D eigenvalue weighted by molar-refractivity contribution is -0.137. The minimum atomic E-state index is -0.643. The lowest BCUT2D eigenvalue weighted by Crippen LogP contribution is -1.96. The Morgan fingerprint density at radius 1 is 0.885 bits per heavy atom. The molecule has 4 nitrogen and oxygen atoms in total. The Labute approximate surface area is 161 Å². The van der Waals surface area contributed by atoms with Crippen molar-refractivity contribution >= 4 is 5.97 Å². The molecule has 2 rings (SSSR count). The van der Waals surface area contributed by atoms with Crippen molar-refractivity contribution in [1.82, 2.24) is 0 Å². The van der Waals surface area contributed by atoms with E-state index in [4.69, 9.17) is 15.3 Å². The maximum Gasteiger partial charge on any atom is 0.303 e. The van der Waals surface area contributed by atoms with Crippen molar-refractivity contribution in [1.29, 1.82) is 0 Å². The molecule has 0 amide bonds. The molecule has 3 N–H and O–H groups in total. The van der Waals surface area contributed by atoms with Crippen LogP contribution in [-0.2, 0) is 4.79 Å². The number of carbonyl (C=O) groups is 1. The van der Waals surface area contributed by atoms with Crippen LogP contribution in [0.4, 0.5) is 0 Å². The molecule has 2 aliphatic carbocycles. The summed E-state index contributed by atoms with van der Waals surface area (Å²) < 4.78 is 0. The smallest absolute Gasteiger partial charge is 0.303 e. The van der Waals surface area contributed by atoms with Gasteiger partial charge in [0.2, 0.25) is 0 Å². The molecule has 26 heavy (non-hydrogen) atoms. The van der Waals surface area contributed by atoms with Gasteiger partial charge in [-0.15, -0.1) is 0 Å². The quantitative estimate of drug-likeness (QED) is 0.481. The second kappa shape index (κ2) is 18.9. The van der Waals surface area contributed by atoms with Gasteiger partial charge >= 0.3 is 5.97 Å². The van der Waals surface area contributed by atoms with Crippen molar-refractivity contribution in [2.75, 3.05) is 13.2 Å². The Balaban J connectivity index is 0. The minimum Gasteiger partial charge on any atom is -0.481 e. The lowest BCUT2D eigenvalue weighted by atomic mass is 10.2. The number of aliphatic hydroxyl groups excluding tert-OH is 2. The fourth-order valence-electron chi connectivity index (χ4n) is 2.97. The van der Waals surface area contributed by atoms with Crippen molar-refractivity contribution < 1.29 is 20.1 Å². The van der Waals surface area contributed by atoms with E-state index >= 15 is 0 Å². The highest BCUT2D eigenvalue weighted by Gasteiger charge is 2.36. The molecular formula is C22H44O4. The highest BCUT2D eigenvalue weighted by atomic mass is 16.4. The average Bonchev–Trinajstić information content (AvgIpc) is 3.55. The molecule has 0 aliphatic heterocycles. The molecule has 156 valence electrons. The Hall–Kier alpha value is -0.870. The van der Waals surface area contributed by atoms with Crippen LogP contribution in [0.3, 0.4) is 0 Å². The first kappa shape index (κ1) is 27.3. The first-order chi connectivity index (χ1) is 12.5. The SMILES string of the molecule is CC.CC/C=C/CCO.CC[C@H]1C[C@@H]1CC(=O)O.CC[C@H]1C[C@@H]1CCO. The van der Waals surface area contributed by atoms with Gasteiger partial charge in [-0.2, -0.15) is 0 Å². The molecule has 0 aromatic rings. The van der Waals surface area contributed by atoms with Crippen LogP contribution in [0.25, 0.3) is 0 Å². The van der Waals surface area contributed by atoms with E-state index in [2.05, 4.69) is 26.8 Å². The summed E-state index contributed by atoms with van der Waals surface area (Å²) in [7, 11) is 0. The van der Waals surface area contributed by atoms with Gasteiger partial charge in [0, 0.05) is 19.6 Å². The summed E-state index contributed by atoms with van der Waals surface area (Å²) in [5, 5.41) is 25.1. The normalized spacial score (nSPS) is 25.0. The third-order valence-corrected chi connectivity index (χ3v) is 4.82. The van der Waals surface area contributed by atoms with Crippen LogP contribution in [0.2, 0.25) is 0 Å². The maximum atomic E-state index is 10.1. The molecule has 2 aliphatic rings. The molecule has 0 aromatic carbocycles. The van der Waals surface area contributed by atoms with Crippen LogP contribution in [0, 0.1) is 23.7 Å². The van der Waals surface area contributed by atoms with Gasteiger partial charge in [-0.25, -0.2) is 0 Å². The average molecular weight is 373 g/mol. The molecule has 0 saturated heterocycles. The molecule has 0 heterocycles. The second-order valence-corrected chi connectivity index (χ2v) is 6.83. The molecule has 2 saturated carbocycles. The van der Waals surface area contributed by atoms with Crippen LogP contribution < -0.4 is 0 Å². The van der Waals surface area contributed by atoms with Gasteiger partial charge in [0.1, 0.15) is 0 Å². The number of aliphatic hydroxyl groups is 2. The Bertz CT molecular complexity index is 341. The summed E-state index contributed by atoms with van der Waals surface area (Å²) in [6, 6.07) is 0. The maximum absolute atomic E-state index is 10.1. The number of hydrogen-bond acceptors (Lipinski definition) is 3. The third-order valence-electron chi connectivity index (χ3n) is 4.82. The largest absolute Gasteiger partial charge is 0.481 e.